The van der Waals surface area contributed by atoms with Crippen molar-refractivity contribution in [1.29, 1.82) is 0 Å². The van der Waals surface area contributed by atoms with E-state index in [1.165, 1.54) is 0 Å². The zero-order valence-corrected chi connectivity index (χ0v) is 8.92. The van der Waals surface area contributed by atoms with Gasteiger partial charge in [0.2, 0.25) is 0 Å². The van der Waals surface area contributed by atoms with Gasteiger partial charge in [-0.05, 0) is 31.0 Å². The summed E-state index contributed by atoms with van der Waals surface area (Å²) in [5.74, 6) is 4.13. The van der Waals surface area contributed by atoms with E-state index in [4.69, 9.17) is 9.84 Å². The summed E-state index contributed by atoms with van der Waals surface area (Å²) in [5, 5.41) is 8.45. The van der Waals surface area contributed by atoms with Crippen LogP contribution in [0.25, 0.3) is 0 Å². The Morgan fingerprint density at radius 1 is 1.40 bits per heavy atom. The number of hydrogen-bond acceptors (Lipinski definition) is 2. The van der Waals surface area contributed by atoms with E-state index in [0.717, 1.165) is 11.1 Å². The molecule has 78 valence electrons. The molecule has 0 saturated carbocycles. The highest BCUT2D eigenvalue weighted by Crippen LogP contribution is 2.25. The highest BCUT2D eigenvalue weighted by molar-refractivity contribution is 5.87. The molecule has 1 aromatic rings. The minimum atomic E-state index is -1.14. The number of rotatable bonds is 1. The standard InChI is InChI=1S/C12H12O3/c1-8-4-5-10(6-7-11(13)14)12(15-3)9(8)2/h4-5H,1-3H3,(H,13,14). The van der Waals surface area contributed by atoms with Crippen LogP contribution in [0.3, 0.4) is 0 Å². The van der Waals surface area contributed by atoms with E-state index in [9.17, 15) is 4.79 Å². The zero-order valence-electron chi connectivity index (χ0n) is 8.92. The first-order chi connectivity index (χ1) is 7.06. The van der Waals surface area contributed by atoms with Crippen LogP contribution >= 0.6 is 0 Å². The van der Waals surface area contributed by atoms with E-state index in [0.29, 0.717) is 11.3 Å². The van der Waals surface area contributed by atoms with E-state index in [2.05, 4.69) is 11.8 Å². The Hall–Kier alpha value is -1.95. The van der Waals surface area contributed by atoms with Crippen molar-refractivity contribution >= 4 is 5.97 Å². The number of carboxylic acid groups (broad SMARTS) is 1. The van der Waals surface area contributed by atoms with Crippen LogP contribution in [-0.2, 0) is 4.79 Å². The fourth-order valence-corrected chi connectivity index (χ4v) is 1.27. The topological polar surface area (TPSA) is 46.5 Å². The van der Waals surface area contributed by atoms with Crippen LogP contribution in [0, 0.1) is 25.7 Å². The lowest BCUT2D eigenvalue weighted by molar-refractivity contribution is -0.130. The second-order valence-corrected chi connectivity index (χ2v) is 3.14. The quantitative estimate of drug-likeness (QED) is 0.709. The van der Waals surface area contributed by atoms with Crippen LogP contribution in [0.5, 0.6) is 5.75 Å². The number of methoxy groups -OCH3 is 1. The van der Waals surface area contributed by atoms with E-state index in [1.807, 2.05) is 19.9 Å². The highest BCUT2D eigenvalue weighted by Gasteiger charge is 2.06. The highest BCUT2D eigenvalue weighted by atomic mass is 16.5. The van der Waals surface area contributed by atoms with Crippen molar-refractivity contribution in [2.75, 3.05) is 7.11 Å². The average molecular weight is 204 g/mol. The molecular formula is C12H12O3. The molecule has 0 spiro atoms. The van der Waals surface area contributed by atoms with E-state index in [-0.39, 0.29) is 0 Å². The van der Waals surface area contributed by atoms with Crippen molar-refractivity contribution < 1.29 is 14.6 Å². The van der Waals surface area contributed by atoms with Gasteiger partial charge < -0.3 is 9.84 Å². The predicted octanol–water partition coefficient (Wildman–Crippen LogP) is 1.75. The third kappa shape index (κ3) is 2.50. The van der Waals surface area contributed by atoms with Crippen LogP contribution in [0.15, 0.2) is 12.1 Å². The predicted molar refractivity (Wildman–Crippen MR) is 57.0 cm³/mol. The Morgan fingerprint density at radius 2 is 2.07 bits per heavy atom. The molecule has 0 saturated heterocycles. The summed E-state index contributed by atoms with van der Waals surface area (Å²) in [6.07, 6.45) is 0. The summed E-state index contributed by atoms with van der Waals surface area (Å²) in [6, 6.07) is 3.65. The molecule has 15 heavy (non-hydrogen) atoms. The molecule has 3 nitrogen and oxygen atoms in total. The monoisotopic (exact) mass is 204 g/mol. The van der Waals surface area contributed by atoms with Gasteiger partial charge in [0.05, 0.1) is 12.7 Å². The Bertz CT molecular complexity index is 450. The molecule has 0 aromatic heterocycles. The molecule has 0 atom stereocenters. The molecule has 1 N–H and O–H groups in total. The van der Waals surface area contributed by atoms with Gasteiger partial charge in [-0.15, -0.1) is 0 Å². The van der Waals surface area contributed by atoms with Gasteiger partial charge in [-0.25, -0.2) is 4.79 Å². The second kappa shape index (κ2) is 4.52. The number of carbonyl (C=O) groups is 1. The first-order valence-electron chi connectivity index (χ1n) is 4.45. The SMILES string of the molecule is COc1c(C#CC(=O)O)ccc(C)c1C. The number of aryl methyl sites for hydroxylation is 1. The number of benzene rings is 1. The molecular weight excluding hydrogens is 192 g/mol. The Kier molecular flexibility index (Phi) is 3.35. The Balaban J connectivity index is 3.27. The molecule has 3 heteroatoms. The van der Waals surface area contributed by atoms with Crippen LogP contribution in [0.2, 0.25) is 0 Å². The smallest absolute Gasteiger partial charge is 0.382 e. The largest absolute Gasteiger partial charge is 0.495 e. The molecule has 1 aromatic carbocycles. The summed E-state index contributed by atoms with van der Waals surface area (Å²) in [7, 11) is 1.55. The van der Waals surface area contributed by atoms with Gasteiger partial charge in [0.15, 0.2) is 0 Å². The molecule has 0 unspecified atom stereocenters. The summed E-state index contributed by atoms with van der Waals surface area (Å²) in [6.45, 7) is 3.88. The van der Waals surface area contributed by atoms with Crippen molar-refractivity contribution in [1.82, 2.24) is 0 Å². The fourth-order valence-electron chi connectivity index (χ4n) is 1.27. The average Bonchev–Trinajstić information content (AvgIpc) is 2.19. The molecule has 0 aliphatic rings. The van der Waals surface area contributed by atoms with Crippen molar-refractivity contribution in [3.05, 3.63) is 28.8 Å². The summed E-state index contributed by atoms with van der Waals surface area (Å²) in [5.41, 5.74) is 2.67. The molecule has 1 rings (SSSR count). The second-order valence-electron chi connectivity index (χ2n) is 3.14. The normalized spacial score (nSPS) is 9.00. The molecule has 0 bridgehead atoms. The first-order valence-corrected chi connectivity index (χ1v) is 4.45. The number of ether oxygens (including phenoxy) is 1. The summed E-state index contributed by atoms with van der Waals surface area (Å²) >= 11 is 0. The van der Waals surface area contributed by atoms with Gasteiger partial charge >= 0.3 is 5.97 Å². The first kappa shape index (κ1) is 11.1. The molecule has 0 aliphatic carbocycles. The van der Waals surface area contributed by atoms with Gasteiger partial charge in [-0.1, -0.05) is 12.0 Å². The lowest BCUT2D eigenvalue weighted by atomic mass is 10.0. The molecule has 0 amide bonds. The fraction of sp³-hybridized carbons (Fsp3) is 0.250. The van der Waals surface area contributed by atoms with Gasteiger partial charge in [-0.3, -0.25) is 0 Å². The molecule has 0 radical (unpaired) electrons. The molecule has 0 heterocycles. The van der Waals surface area contributed by atoms with E-state index in [1.54, 1.807) is 13.2 Å². The van der Waals surface area contributed by atoms with Gasteiger partial charge in [0, 0.05) is 5.92 Å². The van der Waals surface area contributed by atoms with Crippen molar-refractivity contribution in [2.45, 2.75) is 13.8 Å². The van der Waals surface area contributed by atoms with Crippen LogP contribution in [0.4, 0.5) is 0 Å². The van der Waals surface area contributed by atoms with E-state index >= 15 is 0 Å². The third-order valence-electron chi connectivity index (χ3n) is 2.18. The lowest BCUT2D eigenvalue weighted by Gasteiger charge is -2.09. The Labute approximate surface area is 88.7 Å². The van der Waals surface area contributed by atoms with Gasteiger partial charge in [0.25, 0.3) is 0 Å². The minimum absolute atomic E-state index is 0.600. The van der Waals surface area contributed by atoms with Gasteiger partial charge in [-0.2, -0.15) is 0 Å². The summed E-state index contributed by atoms with van der Waals surface area (Å²) in [4.78, 5) is 10.3. The summed E-state index contributed by atoms with van der Waals surface area (Å²) < 4.78 is 5.19. The molecule has 0 aliphatic heterocycles. The number of aliphatic carboxylic acids is 1. The van der Waals surface area contributed by atoms with Crippen molar-refractivity contribution in [3.8, 4) is 17.6 Å². The number of hydrogen-bond donors (Lipinski definition) is 1. The van der Waals surface area contributed by atoms with Crippen LogP contribution in [-0.4, -0.2) is 18.2 Å². The maximum Gasteiger partial charge on any atom is 0.382 e. The maximum atomic E-state index is 10.3. The third-order valence-corrected chi connectivity index (χ3v) is 2.18. The minimum Gasteiger partial charge on any atom is -0.495 e. The van der Waals surface area contributed by atoms with Crippen molar-refractivity contribution in [3.63, 3.8) is 0 Å². The number of carboxylic acids is 1. The molecule has 0 fully saturated rings. The van der Waals surface area contributed by atoms with E-state index < -0.39 is 5.97 Å². The Morgan fingerprint density at radius 3 is 2.60 bits per heavy atom. The van der Waals surface area contributed by atoms with Crippen molar-refractivity contribution in [2.24, 2.45) is 0 Å². The van der Waals surface area contributed by atoms with Crippen LogP contribution in [0.1, 0.15) is 16.7 Å². The lowest BCUT2D eigenvalue weighted by Crippen LogP contribution is -1.94. The zero-order chi connectivity index (χ0) is 11.4. The maximum absolute atomic E-state index is 10.3. The van der Waals surface area contributed by atoms with Crippen LogP contribution < -0.4 is 4.74 Å². The van der Waals surface area contributed by atoms with Gasteiger partial charge in [0.1, 0.15) is 5.75 Å².